The maximum atomic E-state index is 10.8. The molecule has 0 amide bonds. The van der Waals surface area contributed by atoms with Gasteiger partial charge < -0.3 is 9.84 Å². The molecule has 1 heterocycles. The van der Waals surface area contributed by atoms with Crippen molar-refractivity contribution in [1.29, 1.82) is 0 Å². The van der Waals surface area contributed by atoms with Crippen molar-refractivity contribution in [3.8, 4) is 0 Å². The second-order valence-corrected chi connectivity index (χ2v) is 4.16. The number of ether oxygens (including phenoxy) is 1. The lowest BCUT2D eigenvalue weighted by Crippen LogP contribution is -2.37. The Morgan fingerprint density at radius 2 is 2.15 bits per heavy atom. The topological polar surface area (TPSA) is 46.5 Å². The van der Waals surface area contributed by atoms with E-state index in [0.717, 1.165) is 38.7 Å². The van der Waals surface area contributed by atoms with Crippen LogP contribution < -0.4 is 0 Å². The van der Waals surface area contributed by atoms with Gasteiger partial charge in [-0.05, 0) is 38.0 Å². The zero-order valence-electron chi connectivity index (χ0n) is 7.74. The molecule has 1 aliphatic heterocycles. The van der Waals surface area contributed by atoms with Gasteiger partial charge in [-0.15, -0.1) is 0 Å². The molecule has 3 heteroatoms. The first kappa shape index (κ1) is 9.00. The molecule has 3 nitrogen and oxygen atoms in total. The lowest BCUT2D eigenvalue weighted by molar-refractivity contribution is -0.146. The lowest BCUT2D eigenvalue weighted by Gasteiger charge is -2.37. The fourth-order valence-electron chi connectivity index (χ4n) is 2.56. The molecule has 2 rings (SSSR count). The molecular formula is C10H16O3. The molecule has 1 aliphatic carbocycles. The van der Waals surface area contributed by atoms with Gasteiger partial charge in [-0.1, -0.05) is 0 Å². The van der Waals surface area contributed by atoms with Crippen molar-refractivity contribution < 1.29 is 14.6 Å². The number of carboxylic acid groups (broad SMARTS) is 1. The van der Waals surface area contributed by atoms with Crippen molar-refractivity contribution in [2.45, 2.75) is 38.2 Å². The SMILES string of the molecule is O=C(O)[C@@H]1CC[C@@H]2OCCC[C@H]2C1. The quantitative estimate of drug-likeness (QED) is 0.674. The summed E-state index contributed by atoms with van der Waals surface area (Å²) in [5.74, 6) is -0.212. The Morgan fingerprint density at radius 1 is 1.31 bits per heavy atom. The van der Waals surface area contributed by atoms with E-state index < -0.39 is 5.97 Å². The average molecular weight is 184 g/mol. The predicted molar refractivity (Wildman–Crippen MR) is 47.4 cm³/mol. The number of rotatable bonds is 1. The Balaban J connectivity index is 1.95. The predicted octanol–water partition coefficient (Wildman–Crippen LogP) is 1.67. The van der Waals surface area contributed by atoms with E-state index in [1.165, 1.54) is 0 Å². The summed E-state index contributed by atoms with van der Waals surface area (Å²) in [6.07, 6.45) is 5.21. The number of carbonyl (C=O) groups is 1. The minimum atomic E-state index is -0.621. The van der Waals surface area contributed by atoms with Gasteiger partial charge in [0.2, 0.25) is 0 Å². The van der Waals surface area contributed by atoms with E-state index in [-0.39, 0.29) is 5.92 Å². The summed E-state index contributed by atoms with van der Waals surface area (Å²) in [4.78, 5) is 10.8. The number of hydrogen-bond acceptors (Lipinski definition) is 2. The smallest absolute Gasteiger partial charge is 0.306 e. The number of carboxylic acids is 1. The molecule has 74 valence electrons. The van der Waals surface area contributed by atoms with Crippen LogP contribution in [-0.2, 0) is 9.53 Å². The van der Waals surface area contributed by atoms with Crippen molar-refractivity contribution in [3.63, 3.8) is 0 Å². The first-order valence-electron chi connectivity index (χ1n) is 5.12. The van der Waals surface area contributed by atoms with Crippen molar-refractivity contribution in [2.75, 3.05) is 6.61 Å². The molecule has 0 aromatic rings. The van der Waals surface area contributed by atoms with Crippen LogP contribution in [-0.4, -0.2) is 23.8 Å². The summed E-state index contributed by atoms with van der Waals surface area (Å²) in [6.45, 7) is 0.874. The Hall–Kier alpha value is -0.570. The maximum Gasteiger partial charge on any atom is 0.306 e. The third kappa shape index (κ3) is 1.85. The van der Waals surface area contributed by atoms with Gasteiger partial charge in [0.05, 0.1) is 12.0 Å². The van der Waals surface area contributed by atoms with Crippen molar-refractivity contribution >= 4 is 5.97 Å². The Kier molecular flexibility index (Phi) is 2.54. The number of aliphatic carboxylic acids is 1. The van der Waals surface area contributed by atoms with Crippen LogP contribution in [0.4, 0.5) is 0 Å². The lowest BCUT2D eigenvalue weighted by atomic mass is 9.76. The Labute approximate surface area is 78.1 Å². The summed E-state index contributed by atoms with van der Waals surface area (Å²) >= 11 is 0. The second kappa shape index (κ2) is 3.66. The van der Waals surface area contributed by atoms with Crippen molar-refractivity contribution in [2.24, 2.45) is 11.8 Å². The van der Waals surface area contributed by atoms with E-state index in [4.69, 9.17) is 9.84 Å². The summed E-state index contributed by atoms with van der Waals surface area (Å²) in [5, 5.41) is 8.89. The minimum Gasteiger partial charge on any atom is -0.481 e. The molecule has 0 radical (unpaired) electrons. The van der Waals surface area contributed by atoms with Crippen LogP contribution in [0.25, 0.3) is 0 Å². The van der Waals surface area contributed by atoms with Crippen LogP contribution in [0.3, 0.4) is 0 Å². The molecule has 2 fully saturated rings. The Morgan fingerprint density at radius 3 is 2.92 bits per heavy atom. The molecule has 0 aromatic heterocycles. The van der Waals surface area contributed by atoms with Gasteiger partial charge in [0.15, 0.2) is 0 Å². The normalized spacial score (nSPS) is 39.5. The fraction of sp³-hybridized carbons (Fsp3) is 0.900. The molecule has 2 aliphatic rings. The second-order valence-electron chi connectivity index (χ2n) is 4.16. The van der Waals surface area contributed by atoms with Crippen LogP contribution >= 0.6 is 0 Å². The van der Waals surface area contributed by atoms with Gasteiger partial charge in [-0.2, -0.15) is 0 Å². The van der Waals surface area contributed by atoms with Gasteiger partial charge in [0, 0.05) is 6.61 Å². The van der Waals surface area contributed by atoms with E-state index in [0.29, 0.717) is 12.0 Å². The highest BCUT2D eigenvalue weighted by Gasteiger charge is 2.35. The summed E-state index contributed by atoms with van der Waals surface area (Å²) in [5.41, 5.74) is 0. The van der Waals surface area contributed by atoms with E-state index in [1.54, 1.807) is 0 Å². The zero-order valence-corrected chi connectivity index (χ0v) is 7.74. The number of hydrogen-bond donors (Lipinski definition) is 1. The van der Waals surface area contributed by atoms with Crippen LogP contribution in [0.5, 0.6) is 0 Å². The average Bonchev–Trinajstić information content (AvgIpc) is 2.17. The Bertz CT molecular complexity index is 202. The summed E-state index contributed by atoms with van der Waals surface area (Å²) in [6, 6.07) is 0. The number of fused-ring (bicyclic) bond motifs is 1. The van der Waals surface area contributed by atoms with Crippen molar-refractivity contribution in [1.82, 2.24) is 0 Å². The van der Waals surface area contributed by atoms with Gasteiger partial charge in [-0.25, -0.2) is 0 Å². The molecular weight excluding hydrogens is 168 g/mol. The highest BCUT2D eigenvalue weighted by Crippen LogP contribution is 2.36. The van der Waals surface area contributed by atoms with E-state index in [9.17, 15) is 4.79 Å². The van der Waals surface area contributed by atoms with E-state index in [1.807, 2.05) is 0 Å². The maximum absolute atomic E-state index is 10.8. The van der Waals surface area contributed by atoms with Gasteiger partial charge >= 0.3 is 5.97 Å². The van der Waals surface area contributed by atoms with E-state index in [2.05, 4.69) is 0 Å². The third-order valence-corrected chi connectivity index (χ3v) is 3.31. The molecule has 1 saturated heterocycles. The molecule has 0 aromatic carbocycles. The van der Waals surface area contributed by atoms with Crippen LogP contribution in [0.2, 0.25) is 0 Å². The first-order valence-corrected chi connectivity index (χ1v) is 5.12. The van der Waals surface area contributed by atoms with Crippen LogP contribution in [0, 0.1) is 11.8 Å². The minimum absolute atomic E-state index is 0.108. The highest BCUT2D eigenvalue weighted by molar-refractivity contribution is 5.70. The van der Waals surface area contributed by atoms with Crippen LogP contribution in [0.15, 0.2) is 0 Å². The molecule has 0 unspecified atom stereocenters. The molecule has 1 N–H and O–H groups in total. The first-order chi connectivity index (χ1) is 6.27. The largest absolute Gasteiger partial charge is 0.481 e. The monoisotopic (exact) mass is 184 g/mol. The zero-order chi connectivity index (χ0) is 9.26. The van der Waals surface area contributed by atoms with Gasteiger partial charge in [0.25, 0.3) is 0 Å². The molecule has 0 bridgehead atoms. The standard InChI is InChI=1S/C10H16O3/c11-10(12)8-3-4-9-7(6-8)2-1-5-13-9/h7-9H,1-6H2,(H,11,12)/t7-,8+,9-/m0/s1. The van der Waals surface area contributed by atoms with Crippen molar-refractivity contribution in [3.05, 3.63) is 0 Å². The van der Waals surface area contributed by atoms with E-state index >= 15 is 0 Å². The molecule has 13 heavy (non-hydrogen) atoms. The highest BCUT2D eigenvalue weighted by atomic mass is 16.5. The summed E-state index contributed by atoms with van der Waals surface area (Å²) in [7, 11) is 0. The molecule has 3 atom stereocenters. The van der Waals surface area contributed by atoms with Gasteiger partial charge in [-0.3, -0.25) is 4.79 Å². The third-order valence-electron chi connectivity index (χ3n) is 3.31. The van der Waals surface area contributed by atoms with Crippen LogP contribution in [0.1, 0.15) is 32.1 Å². The van der Waals surface area contributed by atoms with Gasteiger partial charge in [0.1, 0.15) is 0 Å². The molecule has 1 saturated carbocycles. The molecule has 0 spiro atoms. The fourth-order valence-corrected chi connectivity index (χ4v) is 2.56. The summed E-state index contributed by atoms with van der Waals surface area (Å²) < 4.78 is 5.62.